The van der Waals surface area contributed by atoms with Crippen molar-refractivity contribution in [2.45, 2.75) is 57.7 Å². The predicted molar refractivity (Wildman–Crippen MR) is 86.9 cm³/mol. The number of aryl methyl sites for hydroxylation is 1. The molecule has 22 heavy (non-hydrogen) atoms. The van der Waals surface area contributed by atoms with E-state index < -0.39 is 6.17 Å². The first-order valence-corrected chi connectivity index (χ1v) is 8.62. The zero-order valence-corrected chi connectivity index (χ0v) is 13.8. The van der Waals surface area contributed by atoms with Gasteiger partial charge in [-0.1, -0.05) is 23.7 Å². The van der Waals surface area contributed by atoms with Gasteiger partial charge in [0.25, 0.3) is 0 Å². The van der Waals surface area contributed by atoms with E-state index in [9.17, 15) is 9.18 Å². The normalized spacial score (nSPS) is 29.1. The van der Waals surface area contributed by atoms with Crippen molar-refractivity contribution >= 4 is 17.5 Å². The maximum Gasteiger partial charge on any atom is 0.226 e. The second-order valence-corrected chi connectivity index (χ2v) is 7.13. The van der Waals surface area contributed by atoms with Gasteiger partial charge in [-0.2, -0.15) is 0 Å². The van der Waals surface area contributed by atoms with Crippen LogP contribution in [0.1, 0.15) is 43.2 Å². The van der Waals surface area contributed by atoms with Gasteiger partial charge in [-0.25, -0.2) is 4.39 Å². The highest BCUT2D eigenvalue weighted by atomic mass is 35.5. The van der Waals surface area contributed by atoms with Crippen molar-refractivity contribution in [3.8, 4) is 0 Å². The van der Waals surface area contributed by atoms with Crippen LogP contribution in [0.4, 0.5) is 4.39 Å². The zero-order valence-electron chi connectivity index (χ0n) is 13.0. The molecule has 2 nitrogen and oxygen atoms in total. The molecule has 0 spiro atoms. The smallest absolute Gasteiger partial charge is 0.226 e. The summed E-state index contributed by atoms with van der Waals surface area (Å²) in [6, 6.07) is 6.28. The van der Waals surface area contributed by atoms with Gasteiger partial charge in [0.2, 0.25) is 5.91 Å². The molecule has 1 saturated carbocycles. The molecule has 1 aliphatic heterocycles. The molecule has 1 saturated heterocycles. The molecule has 2 aliphatic rings. The summed E-state index contributed by atoms with van der Waals surface area (Å²) in [5, 5.41) is 0.754. The molecule has 1 aromatic rings. The van der Waals surface area contributed by atoms with Gasteiger partial charge >= 0.3 is 0 Å². The third-order valence-corrected chi connectivity index (χ3v) is 5.44. The molecule has 0 bridgehead atoms. The molecule has 1 unspecified atom stereocenters. The Balaban J connectivity index is 1.63. The molecule has 0 N–H and O–H groups in total. The summed E-state index contributed by atoms with van der Waals surface area (Å²) in [7, 11) is 0. The van der Waals surface area contributed by atoms with Crippen LogP contribution in [0.3, 0.4) is 0 Å². The van der Waals surface area contributed by atoms with E-state index in [1.807, 2.05) is 30.0 Å². The van der Waals surface area contributed by atoms with E-state index in [0.29, 0.717) is 19.3 Å². The summed E-state index contributed by atoms with van der Waals surface area (Å²) in [5.41, 5.74) is 2.19. The Morgan fingerprint density at radius 3 is 2.64 bits per heavy atom. The van der Waals surface area contributed by atoms with Crippen LogP contribution in [-0.2, 0) is 11.2 Å². The van der Waals surface area contributed by atoms with Crippen LogP contribution in [0.25, 0.3) is 0 Å². The van der Waals surface area contributed by atoms with Crippen LogP contribution in [0, 0.1) is 12.8 Å². The molecule has 1 heterocycles. The van der Waals surface area contributed by atoms with Gasteiger partial charge in [-0.05, 0) is 62.6 Å². The van der Waals surface area contributed by atoms with Crippen molar-refractivity contribution < 1.29 is 9.18 Å². The molecule has 1 aromatic carbocycles. The third kappa shape index (κ3) is 3.29. The minimum atomic E-state index is -0.670. The molecular weight excluding hydrogens is 301 g/mol. The van der Waals surface area contributed by atoms with Crippen molar-refractivity contribution in [2.24, 2.45) is 5.92 Å². The molecule has 2 fully saturated rings. The Morgan fingerprint density at radius 1 is 1.23 bits per heavy atom. The van der Waals surface area contributed by atoms with Crippen molar-refractivity contribution in [3.05, 3.63) is 34.3 Å². The number of rotatable bonds is 3. The minimum Gasteiger partial charge on any atom is -0.339 e. The Hall–Kier alpha value is -1.09. The van der Waals surface area contributed by atoms with Crippen LogP contribution in [-0.4, -0.2) is 29.6 Å². The van der Waals surface area contributed by atoms with Crippen LogP contribution in [0.5, 0.6) is 0 Å². The highest BCUT2D eigenvalue weighted by Crippen LogP contribution is 2.32. The molecule has 1 aliphatic carbocycles. The first-order chi connectivity index (χ1) is 10.5. The number of nitrogens with zero attached hydrogens (tertiary/aromatic N) is 1. The number of alkyl halides is 1. The fourth-order valence-corrected chi connectivity index (χ4v) is 4.06. The SMILES string of the molecule is Cc1ccc(CC2CCN(C3CCC(F)CC3)C2=O)c(Cl)c1. The minimum absolute atomic E-state index is 0.0308. The first-order valence-electron chi connectivity index (χ1n) is 8.24. The standard InChI is InChI=1S/C18H23ClFNO/c1-12-2-3-13(17(19)10-12)11-14-8-9-21(18(14)22)16-6-4-15(20)5-7-16/h2-3,10,14-16H,4-9,11H2,1H3. The number of hydrogen-bond donors (Lipinski definition) is 0. The molecule has 4 heteroatoms. The summed E-state index contributed by atoms with van der Waals surface area (Å²) in [6.45, 7) is 2.83. The zero-order chi connectivity index (χ0) is 15.7. The Bertz CT molecular complexity index is 554. The average molecular weight is 324 g/mol. The van der Waals surface area contributed by atoms with Gasteiger partial charge in [0.05, 0.1) is 0 Å². The fourth-order valence-electron chi connectivity index (χ4n) is 3.75. The van der Waals surface area contributed by atoms with Gasteiger partial charge in [0.15, 0.2) is 0 Å². The lowest BCUT2D eigenvalue weighted by Crippen LogP contribution is -2.40. The number of benzene rings is 1. The Morgan fingerprint density at radius 2 is 1.95 bits per heavy atom. The van der Waals surface area contributed by atoms with Gasteiger partial charge < -0.3 is 4.90 Å². The van der Waals surface area contributed by atoms with Crippen LogP contribution in [0.2, 0.25) is 5.02 Å². The summed E-state index contributed by atoms with van der Waals surface area (Å²) in [6.07, 6.45) is 3.75. The summed E-state index contributed by atoms with van der Waals surface area (Å²) in [5.74, 6) is 0.266. The van der Waals surface area contributed by atoms with E-state index in [2.05, 4.69) is 0 Å². The van der Waals surface area contributed by atoms with Crippen molar-refractivity contribution in [1.82, 2.24) is 4.90 Å². The molecule has 120 valence electrons. The number of amides is 1. The summed E-state index contributed by atoms with van der Waals surface area (Å²) in [4.78, 5) is 14.7. The fraction of sp³-hybridized carbons (Fsp3) is 0.611. The monoisotopic (exact) mass is 323 g/mol. The van der Waals surface area contributed by atoms with Gasteiger partial charge in [0.1, 0.15) is 6.17 Å². The molecule has 0 aromatic heterocycles. The number of likely N-dealkylation sites (tertiary alicyclic amines) is 1. The van der Waals surface area contributed by atoms with E-state index in [4.69, 9.17) is 11.6 Å². The molecule has 1 amide bonds. The Kier molecular flexibility index (Phi) is 4.72. The number of halogens is 2. The number of hydrogen-bond acceptors (Lipinski definition) is 1. The lowest BCUT2D eigenvalue weighted by Gasteiger charge is -2.32. The van der Waals surface area contributed by atoms with E-state index in [1.54, 1.807) is 0 Å². The van der Waals surface area contributed by atoms with Gasteiger partial charge in [-0.3, -0.25) is 4.79 Å². The highest BCUT2D eigenvalue weighted by Gasteiger charge is 2.37. The Labute approximate surface area is 136 Å². The number of carbonyl (C=O) groups is 1. The molecule has 3 rings (SSSR count). The van der Waals surface area contributed by atoms with Gasteiger partial charge in [0, 0.05) is 23.5 Å². The van der Waals surface area contributed by atoms with Crippen LogP contribution < -0.4 is 0 Å². The maximum atomic E-state index is 13.3. The van der Waals surface area contributed by atoms with Crippen molar-refractivity contribution in [1.29, 1.82) is 0 Å². The quantitative estimate of drug-likeness (QED) is 0.811. The highest BCUT2D eigenvalue weighted by molar-refractivity contribution is 6.31. The maximum absolute atomic E-state index is 13.3. The largest absolute Gasteiger partial charge is 0.339 e. The van der Waals surface area contributed by atoms with E-state index in [-0.39, 0.29) is 17.9 Å². The summed E-state index contributed by atoms with van der Waals surface area (Å²) < 4.78 is 13.3. The molecule has 0 radical (unpaired) electrons. The van der Waals surface area contributed by atoms with Gasteiger partial charge in [-0.15, -0.1) is 0 Å². The molecule has 1 atom stereocenters. The second kappa shape index (κ2) is 6.57. The van der Waals surface area contributed by atoms with Crippen LogP contribution >= 0.6 is 11.6 Å². The first kappa shape index (κ1) is 15.8. The van der Waals surface area contributed by atoms with Crippen molar-refractivity contribution in [2.75, 3.05) is 6.54 Å². The molecular formula is C18H23ClFNO. The van der Waals surface area contributed by atoms with E-state index in [0.717, 1.165) is 42.0 Å². The number of carbonyl (C=O) groups excluding carboxylic acids is 1. The lowest BCUT2D eigenvalue weighted by atomic mass is 9.92. The predicted octanol–water partition coefficient (Wildman–Crippen LogP) is 4.32. The van der Waals surface area contributed by atoms with Crippen molar-refractivity contribution in [3.63, 3.8) is 0 Å². The van der Waals surface area contributed by atoms with E-state index >= 15 is 0 Å². The topological polar surface area (TPSA) is 20.3 Å². The third-order valence-electron chi connectivity index (χ3n) is 5.09. The second-order valence-electron chi connectivity index (χ2n) is 6.72. The average Bonchev–Trinajstić information content (AvgIpc) is 2.84. The lowest BCUT2D eigenvalue weighted by molar-refractivity contribution is -0.133. The van der Waals surface area contributed by atoms with E-state index in [1.165, 1.54) is 0 Å². The van der Waals surface area contributed by atoms with Crippen LogP contribution in [0.15, 0.2) is 18.2 Å². The summed E-state index contributed by atoms with van der Waals surface area (Å²) >= 11 is 6.29.